The fourth-order valence-corrected chi connectivity index (χ4v) is 3.47. The second kappa shape index (κ2) is 8.61. The Kier molecular flexibility index (Phi) is 6.24. The van der Waals surface area contributed by atoms with E-state index >= 15 is 0 Å². The van der Waals surface area contributed by atoms with Crippen LogP contribution in [0.5, 0.6) is 0 Å². The van der Waals surface area contributed by atoms with Gasteiger partial charge in [0.25, 0.3) is 0 Å². The molecule has 4 nitrogen and oxygen atoms in total. The number of aliphatic hydroxyl groups is 1. The summed E-state index contributed by atoms with van der Waals surface area (Å²) < 4.78 is 12.1. The number of esters is 1. The predicted octanol–water partition coefficient (Wildman–Crippen LogP) is 3.53. The van der Waals surface area contributed by atoms with Crippen LogP contribution in [0, 0.1) is 11.8 Å². The zero-order chi connectivity index (χ0) is 17.6. The average molecular weight is 405 g/mol. The van der Waals surface area contributed by atoms with Crippen LogP contribution < -0.4 is 0 Å². The van der Waals surface area contributed by atoms with Gasteiger partial charge in [-0.3, -0.25) is 4.79 Å². The highest BCUT2D eigenvalue weighted by atomic mass is 79.9. The molecular weight excluding hydrogens is 384 g/mol. The topological polar surface area (TPSA) is 55.8 Å². The number of carbonyl (C=O) groups is 1. The predicted molar refractivity (Wildman–Crippen MR) is 98.0 cm³/mol. The van der Waals surface area contributed by atoms with E-state index in [1.807, 2.05) is 54.6 Å². The average Bonchev–Trinajstić information content (AvgIpc) is 2.64. The van der Waals surface area contributed by atoms with Crippen LogP contribution in [0.2, 0.25) is 0 Å². The molecule has 0 amide bonds. The summed E-state index contributed by atoms with van der Waals surface area (Å²) in [4.78, 5) is 12.4. The fourth-order valence-electron chi connectivity index (χ4n) is 3.21. The van der Waals surface area contributed by atoms with Crippen molar-refractivity contribution in [3.8, 4) is 0 Å². The van der Waals surface area contributed by atoms with E-state index in [0.717, 1.165) is 15.6 Å². The Morgan fingerprint density at radius 1 is 1.12 bits per heavy atom. The van der Waals surface area contributed by atoms with Gasteiger partial charge in [-0.1, -0.05) is 58.4 Å². The van der Waals surface area contributed by atoms with Gasteiger partial charge in [0.05, 0.1) is 25.7 Å². The van der Waals surface area contributed by atoms with Crippen molar-refractivity contribution in [1.82, 2.24) is 0 Å². The number of ether oxygens (including phenoxy) is 2. The van der Waals surface area contributed by atoms with Crippen molar-refractivity contribution in [2.24, 2.45) is 11.8 Å². The quantitative estimate of drug-likeness (QED) is 0.748. The molecule has 132 valence electrons. The zero-order valence-electron chi connectivity index (χ0n) is 13.8. The molecule has 1 N–H and O–H groups in total. The molecule has 1 aliphatic rings. The molecule has 1 saturated heterocycles. The highest BCUT2D eigenvalue weighted by Crippen LogP contribution is 2.36. The monoisotopic (exact) mass is 404 g/mol. The van der Waals surface area contributed by atoms with Crippen LogP contribution in [0.15, 0.2) is 59.1 Å². The summed E-state index contributed by atoms with van der Waals surface area (Å²) in [6, 6.07) is 17.6. The third-order valence-corrected chi connectivity index (χ3v) is 5.14. The summed E-state index contributed by atoms with van der Waals surface area (Å²) in [6.45, 7) is 1.09. The van der Waals surface area contributed by atoms with E-state index in [4.69, 9.17) is 9.47 Å². The first kappa shape index (κ1) is 18.1. The van der Waals surface area contributed by atoms with Crippen molar-refractivity contribution in [3.63, 3.8) is 0 Å². The first-order valence-electron chi connectivity index (χ1n) is 8.33. The number of benzene rings is 2. The van der Waals surface area contributed by atoms with Gasteiger partial charge in [0.15, 0.2) is 0 Å². The van der Waals surface area contributed by atoms with Gasteiger partial charge in [0.2, 0.25) is 0 Å². The lowest BCUT2D eigenvalue weighted by atomic mass is 9.77. The van der Waals surface area contributed by atoms with Gasteiger partial charge < -0.3 is 14.6 Å². The number of halogens is 1. The number of aliphatic hydroxyl groups excluding tert-OH is 1. The second-order valence-corrected chi connectivity index (χ2v) is 7.18. The molecular formula is C20H21BrO4. The SMILES string of the molecule is O=C1OCC(CO)C(COCc2ccccc2)C1c1ccc(Br)cc1. The molecule has 3 unspecified atom stereocenters. The van der Waals surface area contributed by atoms with Crippen LogP contribution in [-0.4, -0.2) is 30.9 Å². The summed E-state index contributed by atoms with van der Waals surface area (Å²) in [6.07, 6.45) is 0. The van der Waals surface area contributed by atoms with E-state index in [-0.39, 0.29) is 31.0 Å². The molecule has 3 rings (SSSR count). The van der Waals surface area contributed by atoms with Gasteiger partial charge in [0, 0.05) is 22.9 Å². The molecule has 5 heteroatoms. The summed E-state index contributed by atoms with van der Waals surface area (Å²) in [5, 5.41) is 9.72. The highest BCUT2D eigenvalue weighted by molar-refractivity contribution is 9.10. The molecule has 25 heavy (non-hydrogen) atoms. The van der Waals surface area contributed by atoms with E-state index in [0.29, 0.717) is 13.2 Å². The molecule has 0 aromatic heterocycles. The molecule has 2 aromatic carbocycles. The number of hydrogen-bond acceptors (Lipinski definition) is 4. The van der Waals surface area contributed by atoms with Crippen molar-refractivity contribution < 1.29 is 19.4 Å². The van der Waals surface area contributed by atoms with Gasteiger partial charge in [-0.15, -0.1) is 0 Å². The van der Waals surface area contributed by atoms with Crippen molar-refractivity contribution >= 4 is 21.9 Å². The molecule has 2 aromatic rings. The highest BCUT2D eigenvalue weighted by Gasteiger charge is 2.41. The standard InChI is InChI=1S/C20H21BrO4/c21-17-8-6-15(7-9-17)19-18(16(10-22)12-25-20(19)23)13-24-11-14-4-2-1-3-5-14/h1-9,16,18-19,22H,10-13H2. The summed E-state index contributed by atoms with van der Waals surface area (Å²) in [7, 11) is 0. The van der Waals surface area contributed by atoms with Crippen molar-refractivity contribution in [3.05, 3.63) is 70.2 Å². The summed E-state index contributed by atoms with van der Waals surface area (Å²) >= 11 is 3.41. The van der Waals surface area contributed by atoms with Crippen LogP contribution >= 0.6 is 15.9 Å². The van der Waals surface area contributed by atoms with Gasteiger partial charge >= 0.3 is 5.97 Å². The Morgan fingerprint density at radius 2 is 1.84 bits per heavy atom. The maximum Gasteiger partial charge on any atom is 0.313 e. The van der Waals surface area contributed by atoms with E-state index in [1.165, 1.54) is 0 Å². The van der Waals surface area contributed by atoms with Gasteiger partial charge in [-0.05, 0) is 23.3 Å². The Balaban J connectivity index is 1.75. The number of cyclic esters (lactones) is 1. The van der Waals surface area contributed by atoms with E-state index < -0.39 is 5.92 Å². The molecule has 1 aliphatic heterocycles. The van der Waals surface area contributed by atoms with Crippen molar-refractivity contribution in [1.29, 1.82) is 0 Å². The van der Waals surface area contributed by atoms with Gasteiger partial charge in [-0.2, -0.15) is 0 Å². The Morgan fingerprint density at radius 3 is 2.52 bits per heavy atom. The third kappa shape index (κ3) is 4.48. The molecule has 3 atom stereocenters. The van der Waals surface area contributed by atoms with Gasteiger partial charge in [0.1, 0.15) is 0 Å². The van der Waals surface area contributed by atoms with E-state index in [2.05, 4.69) is 15.9 Å². The van der Waals surface area contributed by atoms with Crippen molar-refractivity contribution in [2.45, 2.75) is 12.5 Å². The molecule has 0 radical (unpaired) electrons. The minimum absolute atomic E-state index is 0.0281. The van der Waals surface area contributed by atoms with Crippen LogP contribution in [0.3, 0.4) is 0 Å². The molecule has 0 saturated carbocycles. The fraction of sp³-hybridized carbons (Fsp3) is 0.350. The lowest BCUT2D eigenvalue weighted by Crippen LogP contribution is -2.42. The number of carbonyl (C=O) groups excluding carboxylic acids is 1. The normalized spacial score (nSPS) is 23.3. The first-order valence-corrected chi connectivity index (χ1v) is 9.13. The van der Waals surface area contributed by atoms with Crippen LogP contribution in [0.25, 0.3) is 0 Å². The molecule has 0 bridgehead atoms. The van der Waals surface area contributed by atoms with Crippen molar-refractivity contribution in [2.75, 3.05) is 19.8 Å². The maximum absolute atomic E-state index is 12.4. The lowest BCUT2D eigenvalue weighted by molar-refractivity contribution is -0.160. The minimum atomic E-state index is -0.422. The Hall–Kier alpha value is -1.69. The van der Waals surface area contributed by atoms with E-state index in [1.54, 1.807) is 0 Å². The number of hydrogen-bond donors (Lipinski definition) is 1. The minimum Gasteiger partial charge on any atom is -0.465 e. The van der Waals surface area contributed by atoms with Gasteiger partial charge in [-0.25, -0.2) is 0 Å². The largest absolute Gasteiger partial charge is 0.465 e. The lowest BCUT2D eigenvalue weighted by Gasteiger charge is -2.36. The summed E-state index contributed by atoms with van der Waals surface area (Å²) in [5.41, 5.74) is 1.97. The second-order valence-electron chi connectivity index (χ2n) is 6.27. The molecule has 0 spiro atoms. The van der Waals surface area contributed by atoms with E-state index in [9.17, 15) is 9.90 Å². The van der Waals surface area contributed by atoms with Crippen LogP contribution in [0.1, 0.15) is 17.0 Å². The molecule has 0 aliphatic carbocycles. The maximum atomic E-state index is 12.4. The zero-order valence-corrected chi connectivity index (χ0v) is 15.4. The molecule has 1 heterocycles. The third-order valence-electron chi connectivity index (χ3n) is 4.61. The smallest absolute Gasteiger partial charge is 0.313 e. The first-order chi connectivity index (χ1) is 12.2. The molecule has 1 fully saturated rings. The van der Waals surface area contributed by atoms with Crippen LogP contribution in [-0.2, 0) is 20.9 Å². The Bertz CT molecular complexity index is 687. The Labute approximate surface area is 155 Å². The number of rotatable bonds is 6. The van der Waals surface area contributed by atoms with Crippen LogP contribution in [0.4, 0.5) is 0 Å². The summed E-state index contributed by atoms with van der Waals surface area (Å²) in [5.74, 6) is -0.909.